The molecule has 0 atom stereocenters. The molecule has 3 rings (SSSR count). The van der Waals surface area contributed by atoms with Gasteiger partial charge < -0.3 is 9.64 Å². The van der Waals surface area contributed by atoms with Crippen LogP contribution in [0.5, 0.6) is 5.75 Å². The summed E-state index contributed by atoms with van der Waals surface area (Å²) < 4.78 is 33.5. The van der Waals surface area contributed by atoms with Crippen molar-refractivity contribution in [2.24, 2.45) is 0 Å². The fourth-order valence-electron chi connectivity index (χ4n) is 3.14. The third-order valence-corrected chi connectivity index (χ3v) is 6.77. The van der Waals surface area contributed by atoms with Crippen molar-refractivity contribution >= 4 is 38.9 Å². The fraction of sp³-hybridized carbons (Fsp3) is 0.316. The highest BCUT2D eigenvalue weighted by Gasteiger charge is 2.30. The van der Waals surface area contributed by atoms with E-state index in [4.69, 9.17) is 16.3 Å². The van der Waals surface area contributed by atoms with Gasteiger partial charge in [0.2, 0.25) is 5.91 Å². The van der Waals surface area contributed by atoms with Gasteiger partial charge in [-0.05, 0) is 37.6 Å². The molecule has 144 valence electrons. The van der Waals surface area contributed by atoms with Gasteiger partial charge in [0.1, 0.15) is 17.3 Å². The van der Waals surface area contributed by atoms with Gasteiger partial charge in [0.05, 0.1) is 22.9 Å². The van der Waals surface area contributed by atoms with Crippen LogP contribution in [0.4, 0.5) is 11.4 Å². The summed E-state index contributed by atoms with van der Waals surface area (Å²) in [5, 5.41) is 0.0524. The van der Waals surface area contributed by atoms with E-state index in [1.54, 1.807) is 19.1 Å². The summed E-state index contributed by atoms with van der Waals surface area (Å²) in [6.45, 7) is 6.06. The molecular formula is C19H21ClN2O4S. The van der Waals surface area contributed by atoms with Gasteiger partial charge in [0.25, 0.3) is 10.0 Å². The van der Waals surface area contributed by atoms with Crippen molar-refractivity contribution in [1.29, 1.82) is 0 Å². The third kappa shape index (κ3) is 3.61. The van der Waals surface area contributed by atoms with Gasteiger partial charge in [-0.15, -0.1) is 0 Å². The molecule has 0 saturated carbocycles. The number of hydrogen-bond acceptors (Lipinski definition) is 4. The summed E-state index contributed by atoms with van der Waals surface area (Å²) in [7, 11) is -3.90. The molecule has 2 aromatic rings. The van der Waals surface area contributed by atoms with E-state index in [-0.39, 0.29) is 22.4 Å². The van der Waals surface area contributed by atoms with Crippen LogP contribution in [0.25, 0.3) is 0 Å². The summed E-state index contributed by atoms with van der Waals surface area (Å²) >= 11 is 6.34. The number of sulfonamides is 1. The Morgan fingerprint density at radius 3 is 2.67 bits per heavy atom. The van der Waals surface area contributed by atoms with Crippen LogP contribution in [0.15, 0.2) is 41.3 Å². The van der Waals surface area contributed by atoms with E-state index in [9.17, 15) is 13.2 Å². The lowest BCUT2D eigenvalue weighted by molar-refractivity contribution is -0.116. The largest absolute Gasteiger partial charge is 0.489 e. The number of nitrogens with zero attached hydrogens (tertiary/aromatic N) is 2. The Morgan fingerprint density at radius 1 is 1.30 bits per heavy atom. The first kappa shape index (κ1) is 19.5. The predicted octanol–water partition coefficient (Wildman–Crippen LogP) is 3.61. The van der Waals surface area contributed by atoms with Gasteiger partial charge in [-0.3, -0.25) is 9.10 Å². The zero-order chi connectivity index (χ0) is 19.8. The number of anilines is 2. The smallest absolute Gasteiger partial charge is 0.265 e. The molecule has 1 amide bonds. The number of carbonyl (C=O) groups is 1. The molecule has 8 heteroatoms. The number of amides is 1. The monoisotopic (exact) mass is 408 g/mol. The van der Waals surface area contributed by atoms with E-state index in [0.29, 0.717) is 30.3 Å². The van der Waals surface area contributed by atoms with Crippen LogP contribution >= 0.6 is 11.6 Å². The number of carbonyl (C=O) groups excluding carboxylic acids is 1. The molecule has 0 fully saturated rings. The van der Waals surface area contributed by atoms with Crippen LogP contribution in [-0.2, 0) is 14.8 Å². The van der Waals surface area contributed by atoms with Crippen molar-refractivity contribution in [3.8, 4) is 5.75 Å². The van der Waals surface area contributed by atoms with Gasteiger partial charge in [-0.1, -0.05) is 23.7 Å². The Hall–Kier alpha value is -2.25. The van der Waals surface area contributed by atoms with Crippen LogP contribution in [0, 0.1) is 6.92 Å². The maximum absolute atomic E-state index is 13.3. The molecule has 0 unspecified atom stereocenters. The number of halogens is 1. The first-order valence-electron chi connectivity index (χ1n) is 8.59. The van der Waals surface area contributed by atoms with Crippen molar-refractivity contribution in [1.82, 2.24) is 0 Å². The van der Waals surface area contributed by atoms with Crippen molar-refractivity contribution < 1.29 is 17.9 Å². The SMILES string of the molecule is CCN(c1cccc(C)c1)S(=O)(=O)c1cc2c(cc1Cl)N(C(C)=O)CCO2. The van der Waals surface area contributed by atoms with E-state index in [1.807, 2.05) is 19.1 Å². The van der Waals surface area contributed by atoms with Crippen LogP contribution in [-0.4, -0.2) is 34.0 Å². The molecule has 1 aliphatic rings. The van der Waals surface area contributed by atoms with E-state index in [2.05, 4.69) is 0 Å². The Labute approximate surface area is 164 Å². The second kappa shape index (κ2) is 7.40. The van der Waals surface area contributed by atoms with E-state index in [0.717, 1.165) is 5.56 Å². The number of ether oxygens (including phenoxy) is 1. The Kier molecular flexibility index (Phi) is 5.35. The number of aryl methyl sites for hydroxylation is 1. The highest BCUT2D eigenvalue weighted by molar-refractivity contribution is 7.93. The molecule has 0 N–H and O–H groups in total. The molecule has 0 spiro atoms. The van der Waals surface area contributed by atoms with E-state index in [1.165, 1.54) is 28.3 Å². The number of fused-ring (bicyclic) bond motifs is 1. The lowest BCUT2D eigenvalue weighted by Gasteiger charge is -2.30. The average molecular weight is 409 g/mol. The molecule has 1 heterocycles. The lowest BCUT2D eigenvalue weighted by atomic mass is 10.2. The van der Waals surface area contributed by atoms with Gasteiger partial charge in [-0.25, -0.2) is 8.42 Å². The number of hydrogen-bond donors (Lipinski definition) is 0. The van der Waals surface area contributed by atoms with Gasteiger partial charge in [-0.2, -0.15) is 0 Å². The minimum Gasteiger partial charge on any atom is -0.489 e. The Morgan fingerprint density at radius 2 is 2.04 bits per heavy atom. The molecule has 0 aromatic heterocycles. The molecule has 2 aromatic carbocycles. The number of rotatable bonds is 4. The minimum absolute atomic E-state index is 0.0447. The molecule has 0 radical (unpaired) electrons. The zero-order valence-electron chi connectivity index (χ0n) is 15.4. The summed E-state index contributed by atoms with van der Waals surface area (Å²) in [4.78, 5) is 13.3. The zero-order valence-corrected chi connectivity index (χ0v) is 17.0. The van der Waals surface area contributed by atoms with Gasteiger partial charge in [0, 0.05) is 19.5 Å². The second-order valence-electron chi connectivity index (χ2n) is 6.28. The topological polar surface area (TPSA) is 66.9 Å². The van der Waals surface area contributed by atoms with Crippen LogP contribution < -0.4 is 13.9 Å². The van der Waals surface area contributed by atoms with Gasteiger partial charge in [0.15, 0.2) is 0 Å². The van der Waals surface area contributed by atoms with Crippen LogP contribution in [0.2, 0.25) is 5.02 Å². The molecule has 0 saturated heterocycles. The van der Waals surface area contributed by atoms with E-state index < -0.39 is 10.0 Å². The normalized spacial score (nSPS) is 13.7. The van der Waals surface area contributed by atoms with Crippen LogP contribution in [0.1, 0.15) is 19.4 Å². The molecule has 27 heavy (non-hydrogen) atoms. The molecule has 0 bridgehead atoms. The second-order valence-corrected chi connectivity index (χ2v) is 8.52. The maximum Gasteiger partial charge on any atom is 0.265 e. The average Bonchev–Trinajstić information content (AvgIpc) is 2.60. The van der Waals surface area contributed by atoms with E-state index >= 15 is 0 Å². The highest BCUT2D eigenvalue weighted by Crippen LogP contribution is 2.39. The fourth-order valence-corrected chi connectivity index (χ4v) is 5.12. The summed E-state index contributed by atoms with van der Waals surface area (Å²) in [6.07, 6.45) is 0. The van der Waals surface area contributed by atoms with Crippen molar-refractivity contribution in [3.05, 3.63) is 47.0 Å². The molecule has 6 nitrogen and oxygen atoms in total. The highest BCUT2D eigenvalue weighted by atomic mass is 35.5. The summed E-state index contributed by atoms with van der Waals surface area (Å²) in [5.41, 5.74) is 2.01. The minimum atomic E-state index is -3.90. The predicted molar refractivity (Wildman–Crippen MR) is 106 cm³/mol. The van der Waals surface area contributed by atoms with Crippen LogP contribution in [0.3, 0.4) is 0 Å². The van der Waals surface area contributed by atoms with Crippen molar-refractivity contribution in [2.45, 2.75) is 25.7 Å². The Bertz CT molecular complexity index is 991. The molecule has 1 aliphatic heterocycles. The van der Waals surface area contributed by atoms with Crippen molar-refractivity contribution in [3.63, 3.8) is 0 Å². The lowest BCUT2D eigenvalue weighted by Crippen LogP contribution is -2.36. The van der Waals surface area contributed by atoms with Crippen molar-refractivity contribution in [2.75, 3.05) is 28.9 Å². The number of benzene rings is 2. The molecular weight excluding hydrogens is 388 g/mol. The third-order valence-electron chi connectivity index (χ3n) is 4.40. The first-order chi connectivity index (χ1) is 12.8. The molecule has 0 aliphatic carbocycles. The summed E-state index contributed by atoms with van der Waals surface area (Å²) in [6, 6.07) is 10.1. The van der Waals surface area contributed by atoms with Gasteiger partial charge >= 0.3 is 0 Å². The summed E-state index contributed by atoms with van der Waals surface area (Å²) in [5.74, 6) is 0.181. The quantitative estimate of drug-likeness (QED) is 0.775. The standard InChI is InChI=1S/C19H21ClN2O4S/c1-4-22(15-7-5-6-13(2)10-15)27(24,25)19-12-18-17(11-16(19)20)21(14(3)23)8-9-26-18/h5-7,10-12H,4,8-9H2,1-3H3. The first-order valence-corrected chi connectivity index (χ1v) is 10.4. The Balaban J connectivity index is 2.10. The maximum atomic E-state index is 13.3.